The maximum Gasteiger partial charge on any atom is 0.341 e. The van der Waals surface area contributed by atoms with E-state index in [0.717, 1.165) is 31.4 Å². The Labute approximate surface area is 161 Å². The number of nitrogens with two attached hydrogens (primary N) is 2. The lowest BCUT2D eigenvalue weighted by Crippen LogP contribution is -2.35. The van der Waals surface area contributed by atoms with E-state index >= 15 is 0 Å². The van der Waals surface area contributed by atoms with Crippen molar-refractivity contribution in [3.05, 3.63) is 35.7 Å². The van der Waals surface area contributed by atoms with E-state index in [2.05, 4.69) is 41.3 Å². The van der Waals surface area contributed by atoms with Crippen LogP contribution in [0.3, 0.4) is 0 Å². The number of aryl methyl sites for hydroxylation is 1. The van der Waals surface area contributed by atoms with Crippen LogP contribution in [0, 0.1) is 0 Å². The van der Waals surface area contributed by atoms with Gasteiger partial charge in [-0.2, -0.15) is 4.98 Å². The van der Waals surface area contributed by atoms with Crippen molar-refractivity contribution >= 4 is 5.96 Å². The third-order valence-electron chi connectivity index (χ3n) is 5.34. The van der Waals surface area contributed by atoms with Gasteiger partial charge in [0, 0.05) is 5.56 Å². The smallest absolute Gasteiger partial charge is 0.334 e. The van der Waals surface area contributed by atoms with Crippen LogP contribution in [0.5, 0.6) is 0 Å². The first kappa shape index (κ1) is 19.4. The topological polar surface area (TPSA) is 94.0 Å². The summed E-state index contributed by atoms with van der Waals surface area (Å²) in [7, 11) is 0. The van der Waals surface area contributed by atoms with Crippen LogP contribution in [0.2, 0.25) is 0 Å². The number of rotatable bonds is 9. The molecule has 1 aliphatic rings. The molecule has 1 aromatic carbocycles. The van der Waals surface area contributed by atoms with Crippen LogP contribution in [0.15, 0.2) is 28.8 Å². The van der Waals surface area contributed by atoms with Gasteiger partial charge < -0.3 is 4.52 Å². The Morgan fingerprint density at radius 3 is 2.59 bits per heavy atom. The van der Waals surface area contributed by atoms with Crippen molar-refractivity contribution in [2.45, 2.75) is 70.8 Å². The molecule has 0 saturated carbocycles. The summed E-state index contributed by atoms with van der Waals surface area (Å²) in [5, 5.41) is 4.16. The zero-order valence-electron chi connectivity index (χ0n) is 16.4. The molecular weight excluding hydrogens is 338 g/mol. The summed E-state index contributed by atoms with van der Waals surface area (Å²) >= 11 is 0. The van der Waals surface area contributed by atoms with E-state index in [1.165, 1.54) is 44.1 Å². The monoisotopic (exact) mass is 370 g/mol. The Morgan fingerprint density at radius 2 is 1.85 bits per heavy atom. The maximum absolute atomic E-state index is 5.77. The van der Waals surface area contributed by atoms with E-state index < -0.39 is 0 Å². The highest BCUT2D eigenvalue weighted by molar-refractivity contribution is 5.70. The molecule has 1 atom stereocenters. The molecule has 1 saturated heterocycles. The number of unbranched alkanes of at least 4 members (excludes halogenated alkanes) is 5. The minimum Gasteiger partial charge on any atom is -0.334 e. The van der Waals surface area contributed by atoms with Crippen LogP contribution in [0.1, 0.15) is 75.7 Å². The number of nitrogens with zero attached hydrogens (tertiary/aromatic N) is 3. The minimum absolute atomic E-state index is 0.0134. The highest BCUT2D eigenvalue weighted by Crippen LogP contribution is 2.28. The van der Waals surface area contributed by atoms with Gasteiger partial charge in [0.15, 0.2) is 0 Å². The maximum atomic E-state index is 5.77. The zero-order valence-corrected chi connectivity index (χ0v) is 16.4. The van der Waals surface area contributed by atoms with E-state index in [4.69, 9.17) is 16.0 Å². The Morgan fingerprint density at radius 1 is 1.11 bits per heavy atom. The third-order valence-corrected chi connectivity index (χ3v) is 5.34. The molecule has 2 aromatic rings. The van der Waals surface area contributed by atoms with Crippen LogP contribution < -0.4 is 11.5 Å². The lowest BCUT2D eigenvalue weighted by atomic mass is 10.0. The quantitative estimate of drug-likeness (QED) is 0.398. The van der Waals surface area contributed by atoms with Crippen LogP contribution in [0.25, 0.3) is 11.5 Å². The van der Waals surface area contributed by atoms with E-state index in [1.54, 1.807) is 0 Å². The summed E-state index contributed by atoms with van der Waals surface area (Å²) in [6, 6.07) is 8.48. The van der Waals surface area contributed by atoms with Gasteiger partial charge in [0.1, 0.15) is 6.04 Å². The van der Waals surface area contributed by atoms with Crippen molar-refractivity contribution in [1.82, 2.24) is 10.1 Å². The van der Waals surface area contributed by atoms with E-state index in [-0.39, 0.29) is 6.04 Å². The van der Waals surface area contributed by atoms with Crippen molar-refractivity contribution in [3.63, 3.8) is 0 Å². The molecule has 146 valence electrons. The summed E-state index contributed by atoms with van der Waals surface area (Å²) < 4.78 is 7.43. The summed E-state index contributed by atoms with van der Waals surface area (Å²) in [4.78, 5) is 4.58. The fraction of sp³-hybridized carbons (Fsp3) is 0.571. The third kappa shape index (κ3) is 5.08. The molecule has 0 radical (unpaired) electrons. The normalized spacial score (nSPS) is 16.8. The van der Waals surface area contributed by atoms with Gasteiger partial charge in [-0.25, -0.2) is 0 Å². The van der Waals surface area contributed by atoms with Gasteiger partial charge in [-0.05, 0) is 43.4 Å². The lowest BCUT2D eigenvalue weighted by Gasteiger charge is -2.07. The standard InChI is InChI=1S/C21H31N5O/c1-2-3-4-5-6-7-9-16-11-13-17(14-12-16)20-24-19(25-27-20)18-10-8-15-26(18)21(22)23/h11-14,18H,2-10,15H2,1H3,(H3,22,23)/p+1/t18-/m0/s1. The number of benzene rings is 1. The number of hydrogen-bond donors (Lipinski definition) is 2. The van der Waals surface area contributed by atoms with Crippen LogP contribution in [0.4, 0.5) is 0 Å². The Hall–Kier alpha value is -2.37. The summed E-state index contributed by atoms with van der Waals surface area (Å²) in [5.41, 5.74) is 13.9. The lowest BCUT2D eigenvalue weighted by molar-refractivity contribution is -0.553. The van der Waals surface area contributed by atoms with Gasteiger partial charge in [-0.15, -0.1) is 0 Å². The molecule has 0 bridgehead atoms. The molecule has 0 amide bonds. The number of hydrogen-bond acceptors (Lipinski definition) is 3. The average Bonchev–Trinajstić information content (AvgIpc) is 3.34. The van der Waals surface area contributed by atoms with Crippen LogP contribution in [-0.4, -0.2) is 27.2 Å². The van der Waals surface area contributed by atoms with Crippen LogP contribution >= 0.6 is 0 Å². The molecule has 1 aliphatic heterocycles. The predicted molar refractivity (Wildman–Crippen MR) is 107 cm³/mol. The number of aromatic nitrogens is 2. The first-order valence-corrected chi connectivity index (χ1v) is 10.3. The van der Waals surface area contributed by atoms with Crippen molar-refractivity contribution in [3.8, 4) is 11.5 Å². The van der Waals surface area contributed by atoms with Gasteiger partial charge in [-0.3, -0.25) is 16.0 Å². The molecule has 4 N–H and O–H groups in total. The molecule has 6 heteroatoms. The molecule has 0 spiro atoms. The molecular formula is C21H32N5O+. The fourth-order valence-electron chi connectivity index (χ4n) is 3.76. The summed E-state index contributed by atoms with van der Waals surface area (Å²) in [6.07, 6.45) is 11.0. The SMILES string of the molecule is CCCCCCCCc1ccc(-c2nc([C@@H]3CCC[N+]3=C(N)N)no2)cc1. The van der Waals surface area contributed by atoms with Crippen molar-refractivity contribution in [2.24, 2.45) is 11.5 Å². The first-order valence-electron chi connectivity index (χ1n) is 10.3. The van der Waals surface area contributed by atoms with Crippen LogP contribution in [-0.2, 0) is 6.42 Å². The predicted octanol–water partition coefficient (Wildman–Crippen LogP) is 3.76. The minimum atomic E-state index is 0.0134. The number of guanidine groups is 1. The summed E-state index contributed by atoms with van der Waals surface area (Å²) in [6.45, 7) is 3.09. The second kappa shape index (κ2) is 9.53. The van der Waals surface area contributed by atoms with Crippen molar-refractivity contribution in [2.75, 3.05) is 6.54 Å². The van der Waals surface area contributed by atoms with Crippen molar-refractivity contribution < 1.29 is 9.10 Å². The molecule has 1 fully saturated rings. The molecule has 0 aliphatic carbocycles. The molecule has 2 heterocycles. The first-order chi connectivity index (χ1) is 13.2. The van der Waals surface area contributed by atoms with Gasteiger partial charge >= 0.3 is 5.96 Å². The average molecular weight is 371 g/mol. The Balaban J connectivity index is 1.56. The fourth-order valence-corrected chi connectivity index (χ4v) is 3.76. The second-order valence-electron chi connectivity index (χ2n) is 7.45. The van der Waals surface area contributed by atoms with Gasteiger partial charge in [0.25, 0.3) is 5.89 Å². The molecule has 6 nitrogen and oxygen atoms in total. The molecule has 3 rings (SSSR count). The molecule has 1 aromatic heterocycles. The highest BCUT2D eigenvalue weighted by Gasteiger charge is 2.30. The largest absolute Gasteiger partial charge is 0.341 e. The molecule has 27 heavy (non-hydrogen) atoms. The summed E-state index contributed by atoms with van der Waals surface area (Å²) in [5.74, 6) is 1.54. The second-order valence-corrected chi connectivity index (χ2v) is 7.45. The zero-order chi connectivity index (χ0) is 19.1. The Kier molecular flexibility index (Phi) is 6.85. The van der Waals surface area contributed by atoms with E-state index in [1.807, 2.05) is 4.58 Å². The van der Waals surface area contributed by atoms with Gasteiger partial charge in [0.2, 0.25) is 5.82 Å². The van der Waals surface area contributed by atoms with E-state index in [9.17, 15) is 0 Å². The van der Waals surface area contributed by atoms with Crippen molar-refractivity contribution in [1.29, 1.82) is 0 Å². The van der Waals surface area contributed by atoms with E-state index in [0.29, 0.717) is 17.7 Å². The molecule has 0 unspecified atom stereocenters. The van der Waals surface area contributed by atoms with Gasteiger partial charge in [0.05, 0.1) is 6.54 Å². The highest BCUT2D eigenvalue weighted by atomic mass is 16.5. The van der Waals surface area contributed by atoms with Gasteiger partial charge in [-0.1, -0.05) is 56.3 Å². The Bertz CT molecular complexity index is 746.